The Morgan fingerprint density at radius 3 is 2.56 bits per heavy atom. The maximum absolute atomic E-state index is 13.4. The van der Waals surface area contributed by atoms with Gasteiger partial charge in [0.25, 0.3) is 0 Å². The van der Waals surface area contributed by atoms with Crippen LogP contribution in [-0.2, 0) is 0 Å². The predicted octanol–water partition coefficient (Wildman–Crippen LogP) is 3.68. The molecule has 0 radical (unpaired) electrons. The van der Waals surface area contributed by atoms with Gasteiger partial charge in [0.1, 0.15) is 10.8 Å². The molecule has 25 heavy (non-hydrogen) atoms. The van der Waals surface area contributed by atoms with Gasteiger partial charge in [0.2, 0.25) is 4.96 Å². The average molecular weight is 356 g/mol. The van der Waals surface area contributed by atoms with E-state index in [4.69, 9.17) is 9.47 Å². The predicted molar refractivity (Wildman–Crippen MR) is 92.6 cm³/mol. The maximum atomic E-state index is 13.4. The fourth-order valence-corrected chi connectivity index (χ4v) is 3.35. The molecular weight excluding hydrogens is 343 g/mol. The number of benzene rings is 2. The van der Waals surface area contributed by atoms with Crippen molar-refractivity contribution in [2.45, 2.75) is 0 Å². The van der Waals surface area contributed by atoms with Crippen LogP contribution in [0, 0.1) is 5.82 Å². The minimum Gasteiger partial charge on any atom is -0.493 e. The number of rotatable bonds is 4. The summed E-state index contributed by atoms with van der Waals surface area (Å²) in [5.74, 6) is 1.50. The summed E-state index contributed by atoms with van der Waals surface area (Å²) in [7, 11) is 3.16. The second-order valence-corrected chi connectivity index (χ2v) is 6.16. The van der Waals surface area contributed by atoms with Gasteiger partial charge >= 0.3 is 0 Å². The molecule has 0 spiro atoms. The Morgan fingerprint density at radius 2 is 1.80 bits per heavy atom. The van der Waals surface area contributed by atoms with Crippen molar-refractivity contribution >= 4 is 16.3 Å². The van der Waals surface area contributed by atoms with E-state index in [9.17, 15) is 4.39 Å². The number of fused-ring (bicyclic) bond motifs is 1. The summed E-state index contributed by atoms with van der Waals surface area (Å²) in [6.45, 7) is 0. The van der Waals surface area contributed by atoms with Crippen LogP contribution >= 0.6 is 11.3 Å². The molecule has 0 N–H and O–H groups in total. The minimum absolute atomic E-state index is 0.302. The van der Waals surface area contributed by atoms with Gasteiger partial charge in [0.15, 0.2) is 17.3 Å². The van der Waals surface area contributed by atoms with Crippen molar-refractivity contribution in [2.24, 2.45) is 0 Å². The molecule has 0 amide bonds. The number of ether oxygens (including phenoxy) is 2. The first kappa shape index (κ1) is 15.5. The third-order valence-corrected chi connectivity index (χ3v) is 4.65. The zero-order valence-electron chi connectivity index (χ0n) is 13.4. The van der Waals surface area contributed by atoms with Gasteiger partial charge < -0.3 is 9.47 Å². The van der Waals surface area contributed by atoms with Crippen molar-refractivity contribution in [2.75, 3.05) is 14.2 Å². The first-order valence-electron chi connectivity index (χ1n) is 7.40. The number of hydrogen-bond donors (Lipinski definition) is 0. The van der Waals surface area contributed by atoms with Crippen LogP contribution in [0.5, 0.6) is 11.5 Å². The fourth-order valence-electron chi connectivity index (χ4n) is 2.51. The smallest absolute Gasteiger partial charge is 0.235 e. The summed E-state index contributed by atoms with van der Waals surface area (Å²) in [6.07, 6.45) is 0. The third kappa shape index (κ3) is 2.70. The van der Waals surface area contributed by atoms with Crippen LogP contribution in [0.3, 0.4) is 0 Å². The molecule has 2 aromatic carbocycles. The van der Waals surface area contributed by atoms with E-state index in [1.54, 1.807) is 30.9 Å². The Bertz CT molecular complexity index is 1060. The quantitative estimate of drug-likeness (QED) is 0.558. The van der Waals surface area contributed by atoms with Crippen LogP contribution in [0.1, 0.15) is 0 Å². The summed E-state index contributed by atoms with van der Waals surface area (Å²) in [5.41, 5.74) is 1.50. The maximum Gasteiger partial charge on any atom is 0.235 e. The Labute approximate surface area is 146 Å². The van der Waals surface area contributed by atoms with Crippen LogP contribution < -0.4 is 9.47 Å². The molecular formula is C17H13FN4O2S. The standard InChI is InChI=1S/C17H13FN4O2S/c1-23-13-7-6-10(9-14(13)24-2)15-19-20-17-22(15)21-16(25-17)11-4-3-5-12(18)8-11/h3-9H,1-2H3. The van der Waals surface area contributed by atoms with Gasteiger partial charge in [-0.15, -0.1) is 10.2 Å². The Balaban J connectivity index is 1.81. The highest BCUT2D eigenvalue weighted by atomic mass is 32.1. The number of aromatic nitrogens is 4. The summed E-state index contributed by atoms with van der Waals surface area (Å²) < 4.78 is 25.7. The molecule has 0 aliphatic heterocycles. The van der Waals surface area contributed by atoms with Crippen LogP contribution in [0.15, 0.2) is 42.5 Å². The molecule has 0 unspecified atom stereocenters. The molecule has 0 fully saturated rings. The number of nitrogens with zero attached hydrogens (tertiary/aromatic N) is 4. The number of halogens is 1. The van der Waals surface area contributed by atoms with Gasteiger partial charge in [-0.2, -0.15) is 9.61 Å². The van der Waals surface area contributed by atoms with Gasteiger partial charge in [-0.25, -0.2) is 4.39 Å². The molecule has 6 nitrogen and oxygen atoms in total. The lowest BCUT2D eigenvalue weighted by atomic mass is 10.2. The lowest BCUT2D eigenvalue weighted by Gasteiger charge is -2.08. The molecule has 0 bridgehead atoms. The van der Waals surface area contributed by atoms with E-state index in [1.165, 1.54) is 23.5 Å². The van der Waals surface area contributed by atoms with Crippen molar-refractivity contribution < 1.29 is 13.9 Å². The molecule has 126 valence electrons. The van der Waals surface area contributed by atoms with Crippen molar-refractivity contribution in [1.29, 1.82) is 0 Å². The summed E-state index contributed by atoms with van der Waals surface area (Å²) in [4.78, 5) is 0.629. The average Bonchev–Trinajstić information content (AvgIpc) is 3.21. The Morgan fingerprint density at radius 1 is 0.960 bits per heavy atom. The van der Waals surface area contributed by atoms with Gasteiger partial charge in [-0.3, -0.25) is 0 Å². The molecule has 8 heteroatoms. The second kappa shape index (κ2) is 6.14. The van der Waals surface area contributed by atoms with Crippen molar-refractivity contribution in [3.8, 4) is 33.5 Å². The molecule has 4 rings (SSSR count). The molecule has 2 heterocycles. The monoisotopic (exact) mass is 356 g/mol. The zero-order chi connectivity index (χ0) is 17.4. The lowest BCUT2D eigenvalue weighted by molar-refractivity contribution is 0.355. The SMILES string of the molecule is COc1ccc(-c2nnc3sc(-c4cccc(F)c4)nn23)cc1OC. The molecule has 2 aromatic heterocycles. The minimum atomic E-state index is -0.302. The van der Waals surface area contributed by atoms with Gasteiger partial charge in [-0.1, -0.05) is 23.5 Å². The van der Waals surface area contributed by atoms with E-state index in [1.807, 2.05) is 18.2 Å². The summed E-state index contributed by atoms with van der Waals surface area (Å²) in [5, 5.41) is 13.6. The molecule has 0 saturated heterocycles. The van der Waals surface area contributed by atoms with Crippen molar-refractivity contribution in [3.63, 3.8) is 0 Å². The molecule has 0 saturated carbocycles. The zero-order valence-corrected chi connectivity index (χ0v) is 14.2. The normalized spacial score (nSPS) is 11.0. The third-order valence-electron chi connectivity index (χ3n) is 3.70. The van der Waals surface area contributed by atoms with E-state index >= 15 is 0 Å². The topological polar surface area (TPSA) is 61.5 Å². The van der Waals surface area contributed by atoms with Crippen LogP contribution in [0.25, 0.3) is 26.9 Å². The number of hydrogen-bond acceptors (Lipinski definition) is 6. The summed E-state index contributed by atoms with van der Waals surface area (Å²) >= 11 is 1.35. The van der Waals surface area contributed by atoms with E-state index in [0.717, 1.165) is 5.56 Å². The highest BCUT2D eigenvalue weighted by Gasteiger charge is 2.16. The van der Waals surface area contributed by atoms with Crippen molar-refractivity contribution in [3.05, 3.63) is 48.3 Å². The molecule has 4 aromatic rings. The summed E-state index contributed by atoms with van der Waals surface area (Å²) in [6, 6.07) is 11.8. The Kier molecular flexibility index (Phi) is 3.81. The molecule has 0 aliphatic carbocycles. The lowest BCUT2D eigenvalue weighted by Crippen LogP contribution is -1.94. The highest BCUT2D eigenvalue weighted by Crippen LogP contribution is 2.33. The van der Waals surface area contributed by atoms with Crippen LogP contribution in [0.2, 0.25) is 0 Å². The van der Waals surface area contributed by atoms with Gasteiger partial charge in [0.05, 0.1) is 14.2 Å². The first-order chi connectivity index (χ1) is 12.2. The van der Waals surface area contributed by atoms with E-state index in [-0.39, 0.29) is 5.82 Å². The van der Waals surface area contributed by atoms with E-state index in [2.05, 4.69) is 15.3 Å². The molecule has 0 aliphatic rings. The fraction of sp³-hybridized carbons (Fsp3) is 0.118. The van der Waals surface area contributed by atoms with E-state index < -0.39 is 0 Å². The second-order valence-electron chi connectivity index (χ2n) is 5.21. The van der Waals surface area contributed by atoms with E-state index in [0.29, 0.717) is 32.9 Å². The highest BCUT2D eigenvalue weighted by molar-refractivity contribution is 7.19. The Hall–Kier alpha value is -3.00. The molecule has 0 atom stereocenters. The first-order valence-corrected chi connectivity index (χ1v) is 8.22. The van der Waals surface area contributed by atoms with Gasteiger partial charge in [0, 0.05) is 11.1 Å². The van der Waals surface area contributed by atoms with Crippen LogP contribution in [0.4, 0.5) is 4.39 Å². The number of methoxy groups -OCH3 is 2. The van der Waals surface area contributed by atoms with Gasteiger partial charge in [-0.05, 0) is 30.3 Å². The largest absolute Gasteiger partial charge is 0.493 e. The van der Waals surface area contributed by atoms with Crippen LogP contribution in [-0.4, -0.2) is 34.0 Å². The van der Waals surface area contributed by atoms with Crippen molar-refractivity contribution in [1.82, 2.24) is 19.8 Å².